The number of nitrogens with zero attached hydrogens (tertiary/aromatic N) is 2. The smallest absolute Gasteiger partial charge is 0.277 e. The van der Waals surface area contributed by atoms with Gasteiger partial charge >= 0.3 is 0 Å². The van der Waals surface area contributed by atoms with Crippen molar-refractivity contribution in [3.63, 3.8) is 0 Å². The zero-order chi connectivity index (χ0) is 17.8. The van der Waals surface area contributed by atoms with Crippen LogP contribution in [0.1, 0.15) is 11.1 Å². The fraction of sp³-hybridized carbons (Fsp3) is 0.167. The van der Waals surface area contributed by atoms with E-state index in [2.05, 4.69) is 15.5 Å². The van der Waals surface area contributed by atoms with E-state index in [-0.39, 0.29) is 28.3 Å². The van der Waals surface area contributed by atoms with Crippen LogP contribution in [0.5, 0.6) is 0 Å². The number of amides is 1. The molecule has 0 bridgehead atoms. The molecule has 0 saturated carbocycles. The Morgan fingerprint density at radius 1 is 1.20 bits per heavy atom. The van der Waals surface area contributed by atoms with Crippen LogP contribution in [0.25, 0.3) is 11.5 Å². The lowest BCUT2D eigenvalue weighted by molar-refractivity contribution is -0.113. The van der Waals surface area contributed by atoms with Gasteiger partial charge in [0.05, 0.1) is 11.3 Å². The van der Waals surface area contributed by atoms with Crippen molar-refractivity contribution >= 4 is 23.4 Å². The zero-order valence-electron chi connectivity index (χ0n) is 13.7. The Kier molecular flexibility index (Phi) is 5.14. The molecule has 7 heteroatoms. The highest BCUT2D eigenvalue weighted by atomic mass is 32.2. The van der Waals surface area contributed by atoms with Gasteiger partial charge in [0.25, 0.3) is 11.1 Å². The monoisotopic (exact) mass is 357 g/mol. The summed E-state index contributed by atoms with van der Waals surface area (Å²) in [6.45, 7) is 3.90. The quantitative estimate of drug-likeness (QED) is 0.692. The Hall–Kier alpha value is -2.67. The van der Waals surface area contributed by atoms with Crippen LogP contribution in [0.4, 0.5) is 10.1 Å². The van der Waals surface area contributed by atoms with Crippen molar-refractivity contribution < 1.29 is 13.6 Å². The molecule has 0 aliphatic rings. The first-order chi connectivity index (χ1) is 12.0. The summed E-state index contributed by atoms with van der Waals surface area (Å²) in [4.78, 5) is 12.1. The van der Waals surface area contributed by atoms with Gasteiger partial charge in [-0.05, 0) is 43.2 Å². The molecular formula is C18H16FN3O2S. The van der Waals surface area contributed by atoms with Crippen LogP contribution in [0.2, 0.25) is 0 Å². The van der Waals surface area contributed by atoms with Crippen molar-refractivity contribution in [1.29, 1.82) is 0 Å². The third kappa shape index (κ3) is 4.24. The molecule has 5 nitrogen and oxygen atoms in total. The van der Waals surface area contributed by atoms with E-state index in [4.69, 9.17) is 4.42 Å². The Morgan fingerprint density at radius 2 is 2.00 bits per heavy atom. The van der Waals surface area contributed by atoms with Crippen molar-refractivity contribution in [3.05, 3.63) is 59.4 Å². The maximum absolute atomic E-state index is 13.7. The summed E-state index contributed by atoms with van der Waals surface area (Å²) < 4.78 is 19.1. The molecule has 0 atom stereocenters. The van der Waals surface area contributed by atoms with E-state index < -0.39 is 5.82 Å². The normalized spacial score (nSPS) is 10.7. The first-order valence-corrected chi connectivity index (χ1v) is 8.60. The molecule has 1 heterocycles. The molecule has 0 aliphatic carbocycles. The molecule has 1 N–H and O–H groups in total. The maximum Gasteiger partial charge on any atom is 0.277 e. The molecule has 25 heavy (non-hydrogen) atoms. The molecule has 0 unspecified atom stereocenters. The first-order valence-electron chi connectivity index (χ1n) is 7.61. The average molecular weight is 357 g/mol. The number of halogens is 1. The summed E-state index contributed by atoms with van der Waals surface area (Å²) >= 11 is 1.10. The molecule has 3 aromatic rings. The number of aromatic nitrogens is 2. The van der Waals surface area contributed by atoms with Gasteiger partial charge in [0, 0.05) is 5.69 Å². The molecule has 2 aromatic carbocycles. The van der Waals surface area contributed by atoms with Gasteiger partial charge in [0.1, 0.15) is 5.82 Å². The van der Waals surface area contributed by atoms with Crippen molar-refractivity contribution in [2.24, 2.45) is 0 Å². The van der Waals surface area contributed by atoms with Gasteiger partial charge in [0.2, 0.25) is 5.91 Å². The number of carbonyl (C=O) groups is 1. The molecule has 1 aromatic heterocycles. The Balaban J connectivity index is 1.61. The van der Waals surface area contributed by atoms with Crippen LogP contribution in [0.3, 0.4) is 0 Å². The van der Waals surface area contributed by atoms with Crippen LogP contribution in [0.15, 0.2) is 52.1 Å². The minimum absolute atomic E-state index is 0.0931. The summed E-state index contributed by atoms with van der Waals surface area (Å²) in [6.07, 6.45) is 0. The predicted molar refractivity (Wildman–Crippen MR) is 95.0 cm³/mol. The van der Waals surface area contributed by atoms with Crippen molar-refractivity contribution in [2.75, 3.05) is 11.1 Å². The lowest BCUT2D eigenvalue weighted by Gasteiger charge is -2.08. The third-order valence-corrected chi connectivity index (χ3v) is 4.32. The topological polar surface area (TPSA) is 68.0 Å². The lowest BCUT2D eigenvalue weighted by atomic mass is 10.1. The van der Waals surface area contributed by atoms with Gasteiger partial charge < -0.3 is 9.73 Å². The predicted octanol–water partition coefficient (Wildman–Crippen LogP) is 4.22. The standard InChI is InChI=1S/C18H16FN3O2S/c1-11-7-8-12(2)15(9-11)20-16(23)10-25-18-22-21-17(24-18)13-5-3-4-6-14(13)19/h3-9H,10H2,1-2H3,(H,20,23). The van der Waals surface area contributed by atoms with Crippen LogP contribution in [-0.4, -0.2) is 21.9 Å². The number of thioether (sulfide) groups is 1. The molecule has 0 fully saturated rings. The van der Waals surface area contributed by atoms with E-state index in [9.17, 15) is 9.18 Å². The van der Waals surface area contributed by atoms with Crippen molar-refractivity contribution in [2.45, 2.75) is 19.1 Å². The Morgan fingerprint density at radius 3 is 2.80 bits per heavy atom. The number of aryl methyl sites for hydroxylation is 2. The van der Waals surface area contributed by atoms with Gasteiger partial charge in [-0.2, -0.15) is 0 Å². The molecule has 1 amide bonds. The van der Waals surface area contributed by atoms with E-state index in [1.807, 2.05) is 32.0 Å². The lowest BCUT2D eigenvalue weighted by Crippen LogP contribution is -2.14. The van der Waals surface area contributed by atoms with E-state index in [1.165, 1.54) is 6.07 Å². The van der Waals surface area contributed by atoms with Gasteiger partial charge in [-0.15, -0.1) is 10.2 Å². The Bertz CT molecular complexity index is 911. The van der Waals surface area contributed by atoms with Gasteiger partial charge in [-0.25, -0.2) is 4.39 Å². The summed E-state index contributed by atoms with van der Waals surface area (Å²) in [5.41, 5.74) is 3.08. The molecule has 128 valence electrons. The number of carbonyl (C=O) groups excluding carboxylic acids is 1. The van der Waals surface area contributed by atoms with E-state index in [0.29, 0.717) is 0 Å². The number of hydrogen-bond acceptors (Lipinski definition) is 5. The molecule has 0 saturated heterocycles. The van der Waals surface area contributed by atoms with Gasteiger partial charge in [-0.1, -0.05) is 36.0 Å². The van der Waals surface area contributed by atoms with Crippen LogP contribution in [-0.2, 0) is 4.79 Å². The van der Waals surface area contributed by atoms with Crippen LogP contribution >= 0.6 is 11.8 Å². The van der Waals surface area contributed by atoms with Crippen LogP contribution in [0, 0.1) is 19.7 Å². The van der Waals surface area contributed by atoms with E-state index >= 15 is 0 Å². The SMILES string of the molecule is Cc1ccc(C)c(NC(=O)CSc2nnc(-c3ccccc3F)o2)c1. The summed E-state index contributed by atoms with van der Waals surface area (Å²) in [5, 5.41) is 10.7. The highest BCUT2D eigenvalue weighted by Crippen LogP contribution is 2.25. The first kappa shape index (κ1) is 17.2. The van der Waals surface area contributed by atoms with E-state index in [0.717, 1.165) is 28.6 Å². The molecule has 0 spiro atoms. The van der Waals surface area contributed by atoms with Crippen molar-refractivity contribution in [3.8, 4) is 11.5 Å². The average Bonchev–Trinajstić information content (AvgIpc) is 3.05. The number of nitrogens with one attached hydrogen (secondary N) is 1. The molecule has 0 aliphatic heterocycles. The highest BCUT2D eigenvalue weighted by molar-refractivity contribution is 7.99. The summed E-state index contributed by atoms with van der Waals surface area (Å²) in [7, 11) is 0. The minimum Gasteiger partial charge on any atom is -0.411 e. The number of benzene rings is 2. The highest BCUT2D eigenvalue weighted by Gasteiger charge is 2.14. The fourth-order valence-electron chi connectivity index (χ4n) is 2.20. The van der Waals surface area contributed by atoms with E-state index in [1.54, 1.807) is 18.2 Å². The van der Waals surface area contributed by atoms with Gasteiger partial charge in [0.15, 0.2) is 0 Å². The summed E-state index contributed by atoms with van der Waals surface area (Å²) in [5.74, 6) is -0.401. The maximum atomic E-state index is 13.7. The largest absolute Gasteiger partial charge is 0.411 e. The Labute approximate surface area is 148 Å². The molecule has 3 rings (SSSR count). The van der Waals surface area contributed by atoms with Gasteiger partial charge in [-0.3, -0.25) is 4.79 Å². The fourth-order valence-corrected chi connectivity index (χ4v) is 2.76. The second-order valence-electron chi connectivity index (χ2n) is 5.51. The van der Waals surface area contributed by atoms with Crippen LogP contribution < -0.4 is 5.32 Å². The minimum atomic E-state index is -0.435. The zero-order valence-corrected chi connectivity index (χ0v) is 14.6. The molecular weight excluding hydrogens is 341 g/mol. The molecule has 0 radical (unpaired) electrons. The second kappa shape index (κ2) is 7.48. The number of rotatable bonds is 5. The number of hydrogen-bond donors (Lipinski definition) is 1. The number of anilines is 1. The summed E-state index contributed by atoms with van der Waals surface area (Å²) in [6, 6.07) is 12.0. The second-order valence-corrected chi connectivity index (χ2v) is 6.43. The van der Waals surface area contributed by atoms with Crippen molar-refractivity contribution in [1.82, 2.24) is 10.2 Å². The third-order valence-electron chi connectivity index (χ3n) is 3.50.